The lowest BCUT2D eigenvalue weighted by molar-refractivity contribution is 0.0833. The molecule has 3 amide bonds. The van der Waals surface area contributed by atoms with Gasteiger partial charge in [-0.3, -0.25) is 9.69 Å². The topological polar surface area (TPSA) is 49.4 Å². The minimum atomic E-state index is -0.429. The van der Waals surface area contributed by atoms with Gasteiger partial charge in [-0.05, 0) is 23.3 Å². The normalized spacial score (nSPS) is 9.90. The van der Waals surface area contributed by atoms with Crippen LogP contribution in [-0.2, 0) is 0 Å². The summed E-state index contributed by atoms with van der Waals surface area (Å²) in [5.74, 6) is -0.330. The molecule has 0 spiro atoms. The summed E-state index contributed by atoms with van der Waals surface area (Å²) in [6.45, 7) is 0. The third-order valence-electron chi connectivity index (χ3n) is 3.06. The van der Waals surface area contributed by atoms with E-state index in [2.05, 4.69) is 5.32 Å². The Bertz CT molecular complexity index is 606. The molecule has 4 heteroatoms. The Hall–Kier alpha value is -2.62. The number of urea groups is 1. The maximum absolute atomic E-state index is 12.1. The molecule has 2 rings (SSSR count). The maximum Gasteiger partial charge on any atom is 0.323 e. The number of nitrogens with one attached hydrogen (secondary N) is 1. The number of nitrogens with zero attached hydrogens (tertiary/aromatic N) is 1. The van der Waals surface area contributed by atoms with Gasteiger partial charge in [-0.1, -0.05) is 42.5 Å². The molecule has 1 N–H and O–H groups in total. The Balaban J connectivity index is 2.21. The Labute approximate surface area is 118 Å². The SMILES string of the molecule is CNC(=O)N(C)C(=O)c1ccc(-c2ccccc2)cc1. The monoisotopic (exact) mass is 268 g/mol. The third kappa shape index (κ3) is 2.85. The van der Waals surface area contributed by atoms with E-state index in [0.717, 1.165) is 16.0 Å². The number of hydrogen-bond acceptors (Lipinski definition) is 2. The number of imide groups is 1. The summed E-state index contributed by atoms with van der Waals surface area (Å²) in [5, 5.41) is 2.42. The first kappa shape index (κ1) is 13.8. The van der Waals surface area contributed by atoms with Crippen molar-refractivity contribution in [1.29, 1.82) is 0 Å². The summed E-state index contributed by atoms with van der Waals surface area (Å²) in [6.07, 6.45) is 0. The molecule has 0 bridgehead atoms. The molecule has 4 nitrogen and oxygen atoms in total. The molecule has 0 aliphatic rings. The molecule has 0 radical (unpaired) electrons. The highest BCUT2D eigenvalue weighted by molar-refractivity contribution is 6.04. The van der Waals surface area contributed by atoms with Crippen molar-refractivity contribution in [1.82, 2.24) is 10.2 Å². The van der Waals surface area contributed by atoms with Crippen LogP contribution >= 0.6 is 0 Å². The van der Waals surface area contributed by atoms with Crippen molar-refractivity contribution in [3.63, 3.8) is 0 Å². The van der Waals surface area contributed by atoms with Gasteiger partial charge in [0.2, 0.25) is 0 Å². The van der Waals surface area contributed by atoms with Gasteiger partial charge in [0.05, 0.1) is 0 Å². The van der Waals surface area contributed by atoms with Crippen LogP contribution in [0.4, 0.5) is 4.79 Å². The van der Waals surface area contributed by atoms with Crippen molar-refractivity contribution >= 4 is 11.9 Å². The summed E-state index contributed by atoms with van der Waals surface area (Å²) in [4.78, 5) is 24.5. The predicted octanol–water partition coefficient (Wildman–Crippen LogP) is 2.77. The quantitative estimate of drug-likeness (QED) is 0.910. The highest BCUT2D eigenvalue weighted by atomic mass is 16.2. The molecule has 0 heterocycles. The predicted molar refractivity (Wildman–Crippen MR) is 78.4 cm³/mol. The molecular weight excluding hydrogens is 252 g/mol. The summed E-state index contributed by atoms with van der Waals surface area (Å²) in [7, 11) is 2.94. The second-order valence-corrected chi connectivity index (χ2v) is 4.36. The van der Waals surface area contributed by atoms with Crippen LogP contribution in [0.1, 0.15) is 10.4 Å². The fourth-order valence-electron chi connectivity index (χ4n) is 1.89. The highest BCUT2D eigenvalue weighted by Gasteiger charge is 2.16. The van der Waals surface area contributed by atoms with Crippen molar-refractivity contribution < 1.29 is 9.59 Å². The van der Waals surface area contributed by atoms with E-state index in [0.29, 0.717) is 5.56 Å². The van der Waals surface area contributed by atoms with Crippen LogP contribution < -0.4 is 5.32 Å². The maximum atomic E-state index is 12.1. The number of rotatable bonds is 2. The van der Waals surface area contributed by atoms with E-state index >= 15 is 0 Å². The number of benzene rings is 2. The lowest BCUT2D eigenvalue weighted by Gasteiger charge is -2.14. The Morgan fingerprint density at radius 1 is 0.900 bits per heavy atom. The van der Waals surface area contributed by atoms with Crippen LogP contribution in [0.2, 0.25) is 0 Å². The van der Waals surface area contributed by atoms with E-state index in [-0.39, 0.29) is 5.91 Å². The van der Waals surface area contributed by atoms with Gasteiger partial charge in [0.1, 0.15) is 0 Å². The molecule has 0 aliphatic heterocycles. The van der Waals surface area contributed by atoms with E-state index in [1.165, 1.54) is 14.1 Å². The first-order valence-electron chi connectivity index (χ1n) is 6.28. The zero-order valence-corrected chi connectivity index (χ0v) is 11.5. The number of amides is 3. The minimum Gasteiger partial charge on any atom is -0.341 e. The summed E-state index contributed by atoms with van der Waals surface area (Å²) in [5.41, 5.74) is 2.60. The number of hydrogen-bond donors (Lipinski definition) is 1. The van der Waals surface area contributed by atoms with Crippen molar-refractivity contribution in [2.45, 2.75) is 0 Å². The van der Waals surface area contributed by atoms with Crippen molar-refractivity contribution in [3.05, 3.63) is 60.2 Å². The van der Waals surface area contributed by atoms with Crippen molar-refractivity contribution in [2.24, 2.45) is 0 Å². The average Bonchev–Trinajstić information content (AvgIpc) is 2.53. The van der Waals surface area contributed by atoms with Crippen LogP contribution in [0, 0.1) is 0 Å². The summed E-state index contributed by atoms with van der Waals surface area (Å²) < 4.78 is 0. The lowest BCUT2D eigenvalue weighted by Crippen LogP contribution is -2.39. The van der Waals surface area contributed by atoms with Gasteiger partial charge in [0.15, 0.2) is 0 Å². The summed E-state index contributed by atoms with van der Waals surface area (Å²) in [6, 6.07) is 16.7. The molecule has 0 unspecified atom stereocenters. The molecule has 20 heavy (non-hydrogen) atoms. The van der Waals surface area contributed by atoms with Crippen LogP contribution in [0.3, 0.4) is 0 Å². The molecule has 2 aromatic carbocycles. The van der Waals surface area contributed by atoms with E-state index < -0.39 is 6.03 Å². The molecule has 2 aromatic rings. The van der Waals surface area contributed by atoms with Crippen LogP contribution in [0.5, 0.6) is 0 Å². The zero-order valence-electron chi connectivity index (χ0n) is 11.5. The smallest absolute Gasteiger partial charge is 0.323 e. The van der Waals surface area contributed by atoms with Crippen LogP contribution in [0.25, 0.3) is 11.1 Å². The van der Waals surface area contributed by atoms with E-state index in [1.54, 1.807) is 12.1 Å². The Morgan fingerprint density at radius 3 is 2.00 bits per heavy atom. The fraction of sp³-hybridized carbons (Fsp3) is 0.125. The van der Waals surface area contributed by atoms with Crippen molar-refractivity contribution in [2.75, 3.05) is 14.1 Å². The zero-order chi connectivity index (χ0) is 14.5. The molecule has 0 aromatic heterocycles. The largest absolute Gasteiger partial charge is 0.341 e. The summed E-state index contributed by atoms with van der Waals surface area (Å²) >= 11 is 0. The van der Waals surface area contributed by atoms with Gasteiger partial charge >= 0.3 is 6.03 Å². The highest BCUT2D eigenvalue weighted by Crippen LogP contribution is 2.19. The van der Waals surface area contributed by atoms with Crippen LogP contribution in [0.15, 0.2) is 54.6 Å². The van der Waals surface area contributed by atoms with Crippen LogP contribution in [-0.4, -0.2) is 30.9 Å². The Morgan fingerprint density at radius 2 is 1.45 bits per heavy atom. The van der Waals surface area contributed by atoms with Gasteiger partial charge in [0, 0.05) is 19.7 Å². The molecular formula is C16H16N2O2. The Kier molecular flexibility index (Phi) is 4.15. The first-order valence-corrected chi connectivity index (χ1v) is 6.28. The van der Waals surface area contributed by atoms with E-state index in [4.69, 9.17) is 0 Å². The van der Waals surface area contributed by atoms with Gasteiger partial charge in [-0.2, -0.15) is 0 Å². The fourth-order valence-corrected chi connectivity index (χ4v) is 1.89. The molecule has 0 saturated carbocycles. The van der Waals surface area contributed by atoms with Gasteiger partial charge in [0.25, 0.3) is 5.91 Å². The molecule has 0 aliphatic carbocycles. The third-order valence-corrected chi connectivity index (χ3v) is 3.06. The number of carbonyl (C=O) groups excluding carboxylic acids is 2. The number of carbonyl (C=O) groups is 2. The average molecular weight is 268 g/mol. The first-order chi connectivity index (χ1) is 9.63. The van der Waals surface area contributed by atoms with E-state index in [9.17, 15) is 9.59 Å². The molecule has 0 fully saturated rings. The minimum absolute atomic E-state index is 0.330. The molecule has 0 saturated heterocycles. The van der Waals surface area contributed by atoms with Gasteiger partial charge in [-0.25, -0.2) is 4.79 Å². The standard InChI is InChI=1S/C16H16N2O2/c1-17-16(20)18(2)15(19)14-10-8-13(9-11-14)12-6-4-3-5-7-12/h3-11H,1-2H3,(H,17,20). The van der Waals surface area contributed by atoms with E-state index in [1.807, 2.05) is 42.5 Å². The van der Waals surface area contributed by atoms with Crippen molar-refractivity contribution in [3.8, 4) is 11.1 Å². The van der Waals surface area contributed by atoms with Gasteiger partial charge < -0.3 is 5.32 Å². The van der Waals surface area contributed by atoms with Gasteiger partial charge in [-0.15, -0.1) is 0 Å². The molecule has 0 atom stereocenters. The molecule has 102 valence electrons. The lowest BCUT2D eigenvalue weighted by atomic mass is 10.0. The second-order valence-electron chi connectivity index (χ2n) is 4.36. The second kappa shape index (κ2) is 6.02.